The van der Waals surface area contributed by atoms with Crippen LogP contribution in [-0.4, -0.2) is 56.0 Å². The van der Waals surface area contributed by atoms with Gasteiger partial charge in [-0.25, -0.2) is 0 Å². The molecule has 4 saturated carbocycles. The Morgan fingerprint density at radius 1 is 0.974 bits per heavy atom. The summed E-state index contributed by atoms with van der Waals surface area (Å²) in [6, 6.07) is 2.15. The van der Waals surface area contributed by atoms with Crippen LogP contribution in [0.4, 0.5) is 0 Å². The number of carbonyl (C=O) groups is 3. The van der Waals surface area contributed by atoms with Gasteiger partial charge < -0.3 is 14.2 Å². The molecular weight excluding hydrogens is 526 g/mol. The second-order valence-electron chi connectivity index (χ2n) is 13.5. The van der Waals surface area contributed by atoms with E-state index in [9.17, 15) is 28.1 Å². The summed E-state index contributed by atoms with van der Waals surface area (Å²) < 4.78 is 45.4. The molecule has 6 fully saturated rings. The van der Waals surface area contributed by atoms with E-state index < -0.39 is 44.5 Å². The number of rotatable bonds is 6. The fourth-order valence-corrected chi connectivity index (χ4v) is 9.07. The third kappa shape index (κ3) is 4.19. The molecule has 0 N–H and O–H groups in total. The molecule has 0 radical (unpaired) electrons. The number of ether oxygens (including phenoxy) is 3. The third-order valence-electron chi connectivity index (χ3n) is 10.5. The highest BCUT2D eigenvalue weighted by Crippen LogP contribution is 2.62. The molecule has 6 aliphatic rings. The van der Waals surface area contributed by atoms with E-state index in [1.807, 2.05) is 41.5 Å². The summed E-state index contributed by atoms with van der Waals surface area (Å²) in [5.41, 5.74) is -2.03. The van der Waals surface area contributed by atoms with Crippen LogP contribution in [0.2, 0.25) is 0 Å². The van der Waals surface area contributed by atoms with Crippen molar-refractivity contribution in [3.8, 4) is 6.07 Å². The number of esters is 3. The number of hydrogen-bond donors (Lipinski definition) is 0. The van der Waals surface area contributed by atoms with Crippen LogP contribution in [0.5, 0.6) is 0 Å². The number of nitriles is 1. The molecule has 0 aromatic carbocycles. The zero-order valence-corrected chi connectivity index (χ0v) is 24.3. The van der Waals surface area contributed by atoms with Crippen LogP contribution in [0.25, 0.3) is 0 Å². The maximum atomic E-state index is 12.2. The van der Waals surface area contributed by atoms with E-state index in [1.165, 1.54) is 0 Å². The van der Waals surface area contributed by atoms with E-state index in [2.05, 4.69) is 6.07 Å². The predicted molar refractivity (Wildman–Crippen MR) is 136 cm³/mol. The Morgan fingerprint density at radius 3 is 2.08 bits per heavy atom. The Labute approximate surface area is 230 Å². The van der Waals surface area contributed by atoms with E-state index in [0.29, 0.717) is 25.7 Å². The summed E-state index contributed by atoms with van der Waals surface area (Å²) in [4.78, 5) is 36.3. The Bertz CT molecular complexity index is 1220. The van der Waals surface area contributed by atoms with Crippen molar-refractivity contribution in [3.05, 3.63) is 0 Å². The highest BCUT2D eigenvalue weighted by molar-refractivity contribution is 7.87. The fourth-order valence-electron chi connectivity index (χ4n) is 7.19. The summed E-state index contributed by atoms with van der Waals surface area (Å²) in [5.74, 6) is -0.780. The summed E-state index contributed by atoms with van der Waals surface area (Å²) in [6.45, 7) is 11.3. The van der Waals surface area contributed by atoms with Crippen LogP contribution < -0.4 is 0 Å². The van der Waals surface area contributed by atoms with Gasteiger partial charge in [0.15, 0.2) is 5.41 Å². The van der Waals surface area contributed by atoms with Gasteiger partial charge in [0.25, 0.3) is 10.1 Å². The number of hydrogen-bond acceptors (Lipinski definition) is 10. The molecule has 0 amide bonds. The molecule has 10 unspecified atom stereocenters. The van der Waals surface area contributed by atoms with Crippen molar-refractivity contribution in [1.82, 2.24) is 0 Å². The highest BCUT2D eigenvalue weighted by atomic mass is 32.2. The average Bonchev–Trinajstić information content (AvgIpc) is 3.68. The van der Waals surface area contributed by atoms with Crippen LogP contribution in [0.1, 0.15) is 80.1 Å². The van der Waals surface area contributed by atoms with Crippen molar-refractivity contribution in [1.29, 1.82) is 5.26 Å². The Kier molecular flexibility index (Phi) is 6.66. The molecule has 4 bridgehead atoms. The molecule has 216 valence electrons. The van der Waals surface area contributed by atoms with Gasteiger partial charge in [-0.05, 0) is 66.2 Å². The molecule has 11 heteroatoms. The van der Waals surface area contributed by atoms with Crippen molar-refractivity contribution in [2.24, 2.45) is 39.9 Å². The zero-order valence-electron chi connectivity index (χ0n) is 23.5. The van der Waals surface area contributed by atoms with E-state index >= 15 is 0 Å². The number of fused-ring (bicyclic) bond motifs is 2. The minimum absolute atomic E-state index is 0.0255. The normalized spacial score (nSPS) is 42.0. The first-order valence-corrected chi connectivity index (χ1v) is 15.6. The van der Waals surface area contributed by atoms with Gasteiger partial charge in [-0.3, -0.25) is 18.6 Å². The van der Waals surface area contributed by atoms with Gasteiger partial charge in [0.1, 0.15) is 24.4 Å². The van der Waals surface area contributed by atoms with E-state index in [0.717, 1.165) is 12.8 Å². The molecule has 2 saturated heterocycles. The summed E-state index contributed by atoms with van der Waals surface area (Å²) >= 11 is 0. The quantitative estimate of drug-likeness (QED) is 0.267. The lowest BCUT2D eigenvalue weighted by atomic mass is 9.74. The molecule has 0 spiro atoms. The minimum atomic E-state index is -3.43. The lowest BCUT2D eigenvalue weighted by molar-refractivity contribution is -0.170. The van der Waals surface area contributed by atoms with Gasteiger partial charge in [0.2, 0.25) is 0 Å². The van der Waals surface area contributed by atoms with Crippen LogP contribution in [0.3, 0.4) is 0 Å². The largest absolute Gasteiger partial charge is 0.459 e. The lowest BCUT2D eigenvalue weighted by Gasteiger charge is -2.30. The maximum Gasteiger partial charge on any atom is 0.327 e. The van der Waals surface area contributed by atoms with Gasteiger partial charge in [-0.2, -0.15) is 13.7 Å². The number of nitrogens with zero attached hydrogens (tertiary/aromatic N) is 1. The Balaban J connectivity index is 0.000000158. The van der Waals surface area contributed by atoms with Gasteiger partial charge in [-0.15, -0.1) is 0 Å². The first-order valence-electron chi connectivity index (χ1n) is 14.1. The monoisotopic (exact) mass is 565 g/mol. The molecule has 0 aromatic heterocycles. The Hall–Kier alpha value is -2.19. The molecule has 0 aromatic rings. The third-order valence-corrected chi connectivity index (χ3v) is 12.3. The van der Waals surface area contributed by atoms with E-state index in [4.69, 9.17) is 18.4 Å². The SMILES string of the molecule is CCC(C)(C)C(=O)OC1C2CC3C1OC(=O)C3(C#N)C2.CCC(C)(C)C(=O)OC1C2CC3C1OS(=O)(=O)C3C2. The van der Waals surface area contributed by atoms with Gasteiger partial charge in [0, 0.05) is 23.7 Å². The van der Waals surface area contributed by atoms with Crippen molar-refractivity contribution < 1.29 is 41.2 Å². The second-order valence-corrected chi connectivity index (χ2v) is 15.2. The van der Waals surface area contributed by atoms with Crippen LogP contribution in [0.15, 0.2) is 0 Å². The average molecular weight is 566 g/mol. The van der Waals surface area contributed by atoms with E-state index in [-0.39, 0.29) is 53.1 Å². The van der Waals surface area contributed by atoms with Crippen molar-refractivity contribution in [3.63, 3.8) is 0 Å². The summed E-state index contributed by atoms with van der Waals surface area (Å²) in [7, 11) is -3.43. The van der Waals surface area contributed by atoms with Crippen LogP contribution >= 0.6 is 0 Å². The zero-order chi connectivity index (χ0) is 28.7. The number of carbonyl (C=O) groups excluding carboxylic acids is 3. The summed E-state index contributed by atoms with van der Waals surface area (Å²) in [6.07, 6.45) is 2.37. The molecule has 2 heterocycles. The molecule has 10 atom stereocenters. The first kappa shape index (κ1) is 28.3. The summed E-state index contributed by atoms with van der Waals surface area (Å²) in [5, 5.41) is 8.95. The second kappa shape index (κ2) is 9.16. The Morgan fingerprint density at radius 2 is 1.54 bits per heavy atom. The van der Waals surface area contributed by atoms with Crippen molar-refractivity contribution in [2.75, 3.05) is 0 Å². The van der Waals surface area contributed by atoms with Crippen molar-refractivity contribution >= 4 is 28.0 Å². The van der Waals surface area contributed by atoms with Crippen LogP contribution in [0, 0.1) is 51.2 Å². The van der Waals surface area contributed by atoms with Crippen molar-refractivity contribution in [2.45, 2.75) is 110 Å². The first-order chi connectivity index (χ1) is 18.1. The smallest absolute Gasteiger partial charge is 0.327 e. The highest BCUT2D eigenvalue weighted by Gasteiger charge is 2.72. The fraction of sp³-hybridized carbons (Fsp3) is 0.857. The minimum Gasteiger partial charge on any atom is -0.459 e. The lowest BCUT2D eigenvalue weighted by Crippen LogP contribution is -2.42. The van der Waals surface area contributed by atoms with E-state index in [1.54, 1.807) is 0 Å². The van der Waals surface area contributed by atoms with Gasteiger partial charge in [-0.1, -0.05) is 13.8 Å². The standard InChI is InChI=1S/C15H19NO4.C13H20O5S/c1-4-14(2,3)12(17)19-10-8-5-9-11(10)20-13(18)15(9,6-8)7-16;1-4-13(2,3)12(14)17-10-7-5-8-9(6-7)19(15,16)18-11(8)10/h8-11H,4-6H2,1-3H3;7-11H,4-6H2,1-3H3. The topological polar surface area (TPSA) is 146 Å². The molecular formula is C28H39NO9S. The van der Waals surface area contributed by atoms with Crippen LogP contribution in [-0.2, 0) is 42.9 Å². The maximum absolute atomic E-state index is 12.2. The van der Waals surface area contributed by atoms with Gasteiger partial charge >= 0.3 is 17.9 Å². The molecule has 39 heavy (non-hydrogen) atoms. The van der Waals surface area contributed by atoms with Gasteiger partial charge in [0.05, 0.1) is 22.1 Å². The predicted octanol–water partition coefficient (Wildman–Crippen LogP) is 3.28. The molecule has 10 nitrogen and oxygen atoms in total. The molecule has 4 aliphatic carbocycles. The molecule has 6 rings (SSSR count). The molecule has 2 aliphatic heterocycles.